The fraction of sp³-hybridized carbons (Fsp3) is 0.524. The van der Waals surface area contributed by atoms with E-state index in [1.165, 1.54) is 6.92 Å². The summed E-state index contributed by atoms with van der Waals surface area (Å²) in [5.74, 6) is -1.09. The van der Waals surface area contributed by atoms with Crippen LogP contribution in [0.4, 0.5) is 0 Å². The maximum absolute atomic E-state index is 12.8. The lowest BCUT2D eigenvalue weighted by Gasteiger charge is -2.39. The number of amides is 2. The summed E-state index contributed by atoms with van der Waals surface area (Å²) >= 11 is 1.11. The molecular weight excluding hydrogens is 487 g/mol. The van der Waals surface area contributed by atoms with E-state index in [1.54, 1.807) is 44.2 Å². The molecule has 1 saturated heterocycles. The first kappa shape index (κ1) is 28.0. The molecule has 13 heteroatoms. The predicted octanol–water partition coefficient (Wildman–Crippen LogP) is 2.27. The van der Waals surface area contributed by atoms with Crippen molar-refractivity contribution in [2.45, 2.75) is 33.3 Å². The van der Waals surface area contributed by atoms with Gasteiger partial charge in [0.15, 0.2) is 11.2 Å². The van der Waals surface area contributed by atoms with E-state index in [0.29, 0.717) is 12.3 Å². The molecule has 0 aliphatic carbocycles. The molecule has 2 amide bonds. The molecule has 1 aliphatic rings. The van der Waals surface area contributed by atoms with E-state index in [0.717, 1.165) is 11.8 Å². The molecule has 0 radical (unpaired) electrons. The van der Waals surface area contributed by atoms with Gasteiger partial charge in [-0.2, -0.15) is 0 Å². The minimum Gasteiger partial charge on any atom is -0.434 e. The summed E-state index contributed by atoms with van der Waals surface area (Å²) in [5.41, 5.74) is -0.552. The van der Waals surface area contributed by atoms with Crippen LogP contribution in [0.25, 0.3) is 0 Å². The van der Waals surface area contributed by atoms with Gasteiger partial charge in [0.2, 0.25) is 18.6 Å². The fourth-order valence-electron chi connectivity index (χ4n) is 2.76. The normalized spacial score (nSPS) is 21.3. The fourth-order valence-corrected chi connectivity index (χ4v) is 4.76. The number of benzene rings is 1. The minimum atomic E-state index is -4.18. The molecule has 188 valence electrons. The van der Waals surface area contributed by atoms with Gasteiger partial charge in [-0.25, -0.2) is 13.9 Å². The van der Waals surface area contributed by atoms with E-state index in [4.69, 9.17) is 18.3 Å². The molecule has 2 rings (SSSR count). The number of phosphoric acid groups is 1. The van der Waals surface area contributed by atoms with Crippen LogP contribution >= 0.6 is 19.6 Å². The zero-order valence-electron chi connectivity index (χ0n) is 19.2. The van der Waals surface area contributed by atoms with Crippen LogP contribution in [0.5, 0.6) is 0 Å². The zero-order valence-corrected chi connectivity index (χ0v) is 20.9. The van der Waals surface area contributed by atoms with Crippen LogP contribution < -0.4 is 10.6 Å². The molecule has 1 aromatic rings. The Labute approximate surface area is 202 Å². The van der Waals surface area contributed by atoms with Crippen LogP contribution in [0.1, 0.15) is 37.6 Å². The minimum absolute atomic E-state index is 0.0176. The molecule has 0 saturated carbocycles. The summed E-state index contributed by atoms with van der Waals surface area (Å²) in [4.78, 5) is 47.3. The monoisotopic (exact) mass is 516 g/mol. The third kappa shape index (κ3) is 9.19. The van der Waals surface area contributed by atoms with Crippen LogP contribution in [-0.4, -0.2) is 61.2 Å². The maximum atomic E-state index is 12.8. The maximum Gasteiger partial charge on any atom is 0.478 e. The lowest BCUT2D eigenvalue weighted by Crippen LogP contribution is -2.50. The van der Waals surface area contributed by atoms with Crippen LogP contribution in [0, 0.1) is 5.41 Å². The molecule has 1 unspecified atom stereocenters. The van der Waals surface area contributed by atoms with Crippen LogP contribution in [0.3, 0.4) is 0 Å². The number of hydrogen-bond acceptors (Lipinski definition) is 10. The molecule has 0 bridgehead atoms. The molecule has 1 heterocycles. The Kier molecular flexibility index (Phi) is 10.7. The number of nitrogens with one attached hydrogen (secondary N) is 2. The molecule has 2 atom stereocenters. The number of ether oxygens (including phenoxy) is 1. The van der Waals surface area contributed by atoms with Gasteiger partial charge in [0, 0.05) is 37.6 Å². The van der Waals surface area contributed by atoms with Gasteiger partial charge in [0.05, 0.1) is 12.2 Å². The Morgan fingerprint density at radius 1 is 1.15 bits per heavy atom. The number of rotatable bonds is 11. The van der Waals surface area contributed by atoms with Gasteiger partial charge >= 0.3 is 13.8 Å². The number of carbonyl (C=O) groups excluding carboxylic acids is 4. The first-order chi connectivity index (χ1) is 16.0. The zero-order chi connectivity index (χ0) is 25.2. The van der Waals surface area contributed by atoms with Crippen molar-refractivity contribution >= 4 is 42.5 Å². The Bertz CT molecular complexity index is 926. The molecule has 34 heavy (non-hydrogen) atoms. The number of thioether (sulfide) groups is 1. The van der Waals surface area contributed by atoms with Crippen molar-refractivity contribution in [3.05, 3.63) is 35.9 Å². The van der Waals surface area contributed by atoms with E-state index in [2.05, 4.69) is 10.6 Å². The summed E-state index contributed by atoms with van der Waals surface area (Å²) in [6.07, 6.45) is -1.17. The molecular formula is C21H29N2O9PS. The first-order valence-electron chi connectivity index (χ1n) is 10.5. The van der Waals surface area contributed by atoms with Crippen molar-refractivity contribution in [3.8, 4) is 0 Å². The largest absolute Gasteiger partial charge is 0.478 e. The molecule has 0 spiro atoms. The third-order valence-corrected chi connectivity index (χ3v) is 6.72. The van der Waals surface area contributed by atoms with Gasteiger partial charge in [-0.15, -0.1) is 0 Å². The van der Waals surface area contributed by atoms with Crippen LogP contribution in [0.2, 0.25) is 0 Å². The smallest absolute Gasteiger partial charge is 0.434 e. The lowest BCUT2D eigenvalue weighted by atomic mass is 9.87. The molecule has 2 N–H and O–H groups in total. The summed E-state index contributed by atoms with van der Waals surface area (Å²) in [6, 6.07) is 8.16. The summed E-state index contributed by atoms with van der Waals surface area (Å²) in [7, 11) is -4.18. The van der Waals surface area contributed by atoms with E-state index in [9.17, 15) is 23.7 Å². The highest BCUT2D eigenvalue weighted by Crippen LogP contribution is 2.57. The second-order valence-corrected chi connectivity index (χ2v) is 10.9. The van der Waals surface area contributed by atoms with E-state index < -0.39 is 38.0 Å². The quantitative estimate of drug-likeness (QED) is 0.194. The van der Waals surface area contributed by atoms with Gasteiger partial charge < -0.3 is 15.4 Å². The average molecular weight is 517 g/mol. The number of hydrogen-bond donors (Lipinski definition) is 2. The molecule has 1 fully saturated rings. The van der Waals surface area contributed by atoms with Crippen molar-refractivity contribution in [1.82, 2.24) is 10.6 Å². The highest BCUT2D eigenvalue weighted by Gasteiger charge is 2.49. The van der Waals surface area contributed by atoms with Crippen LogP contribution in [0.15, 0.2) is 30.3 Å². The van der Waals surface area contributed by atoms with E-state index >= 15 is 0 Å². The van der Waals surface area contributed by atoms with Gasteiger partial charge in [-0.05, 0) is 12.1 Å². The van der Waals surface area contributed by atoms with Gasteiger partial charge in [-0.1, -0.05) is 43.8 Å². The van der Waals surface area contributed by atoms with Gasteiger partial charge in [0.25, 0.3) is 0 Å². The summed E-state index contributed by atoms with van der Waals surface area (Å²) < 4.78 is 33.4. The van der Waals surface area contributed by atoms with Crippen molar-refractivity contribution in [1.29, 1.82) is 0 Å². The van der Waals surface area contributed by atoms with Crippen molar-refractivity contribution in [2.24, 2.45) is 5.41 Å². The molecule has 0 aromatic heterocycles. The average Bonchev–Trinajstić information content (AvgIpc) is 2.79. The Morgan fingerprint density at radius 3 is 2.53 bits per heavy atom. The summed E-state index contributed by atoms with van der Waals surface area (Å²) in [5, 5.41) is 5.19. The van der Waals surface area contributed by atoms with Gasteiger partial charge in [0.1, 0.15) is 0 Å². The standard InChI is InChI=1S/C21H29N2O9PS/c1-15(24)34-12-11-22-17(25)9-10-23-19(26)18-21(2,3)13-30-33(28,32-18)31-14-29-20(27)16-7-5-4-6-8-16/h4-8,18H,9-14H2,1-3H3,(H,22,25)(H,23,26)/t18-,33?/m0/s1. The predicted molar refractivity (Wildman–Crippen MR) is 124 cm³/mol. The first-order valence-corrected chi connectivity index (χ1v) is 12.9. The van der Waals surface area contributed by atoms with Crippen LogP contribution in [-0.2, 0) is 37.3 Å². The van der Waals surface area contributed by atoms with Crippen molar-refractivity contribution < 1.29 is 42.1 Å². The van der Waals surface area contributed by atoms with Gasteiger partial charge in [-0.3, -0.25) is 23.4 Å². The Morgan fingerprint density at radius 2 is 1.85 bits per heavy atom. The van der Waals surface area contributed by atoms with E-state index in [1.807, 2.05) is 0 Å². The number of phosphoric ester groups is 1. The molecule has 1 aliphatic heterocycles. The Hall–Kier alpha value is -2.24. The summed E-state index contributed by atoms with van der Waals surface area (Å²) in [6.45, 7) is 4.39. The van der Waals surface area contributed by atoms with Crippen molar-refractivity contribution in [3.63, 3.8) is 0 Å². The molecule has 1 aromatic carbocycles. The van der Waals surface area contributed by atoms with Crippen molar-refractivity contribution in [2.75, 3.05) is 32.2 Å². The van der Waals surface area contributed by atoms with E-state index in [-0.39, 0.29) is 36.2 Å². The highest BCUT2D eigenvalue weighted by molar-refractivity contribution is 8.13. The third-order valence-electron chi connectivity index (χ3n) is 4.57. The lowest BCUT2D eigenvalue weighted by molar-refractivity contribution is -0.143. The SMILES string of the molecule is CC(=O)SCCNC(=O)CCNC(=O)[C@@H]1OP(=O)(OCOC(=O)c2ccccc2)OCC1(C)C. The number of carbonyl (C=O) groups is 4. The second-order valence-electron chi connectivity index (χ2n) is 7.97. The Balaban J connectivity index is 1.80. The number of esters is 1. The molecule has 11 nitrogen and oxygen atoms in total. The topological polar surface area (TPSA) is 146 Å². The highest BCUT2D eigenvalue weighted by atomic mass is 32.2. The second kappa shape index (κ2) is 13.0.